The van der Waals surface area contributed by atoms with Crippen molar-refractivity contribution in [2.24, 2.45) is 5.73 Å². The zero-order valence-corrected chi connectivity index (χ0v) is 12.0. The second-order valence-corrected chi connectivity index (χ2v) is 5.56. The first-order valence-corrected chi connectivity index (χ1v) is 6.94. The van der Waals surface area contributed by atoms with Crippen LogP contribution in [0.4, 0.5) is 0 Å². The number of rotatable bonds is 5. The maximum absolute atomic E-state index is 11.2. The van der Waals surface area contributed by atoms with Crippen LogP contribution in [0, 0.1) is 0 Å². The molecule has 0 bridgehead atoms. The Morgan fingerprint density at radius 3 is 2.50 bits per heavy atom. The highest BCUT2D eigenvalue weighted by molar-refractivity contribution is 5.83. The van der Waals surface area contributed by atoms with Crippen LogP contribution in [-0.4, -0.2) is 17.1 Å². The number of aliphatic carboxylic acids is 1. The van der Waals surface area contributed by atoms with E-state index in [0.29, 0.717) is 0 Å². The lowest BCUT2D eigenvalue weighted by atomic mass is 9.72. The third-order valence-corrected chi connectivity index (χ3v) is 4.19. The van der Waals surface area contributed by atoms with Crippen LogP contribution in [0.5, 0.6) is 0 Å². The van der Waals surface area contributed by atoms with Crippen LogP contribution in [0.3, 0.4) is 0 Å². The molecule has 106 valence electrons. The number of nitrogens with two attached hydrogens (primary N) is 1. The van der Waals surface area contributed by atoms with Gasteiger partial charge in [-0.3, -0.25) is 4.79 Å². The number of hydrogen-bond acceptors (Lipinski definition) is 2. The summed E-state index contributed by atoms with van der Waals surface area (Å²) >= 11 is 0. The van der Waals surface area contributed by atoms with Gasteiger partial charge in [-0.25, -0.2) is 0 Å². The van der Waals surface area contributed by atoms with E-state index >= 15 is 0 Å². The molecule has 0 aliphatic rings. The second kappa shape index (κ2) is 5.63. The zero-order valence-electron chi connectivity index (χ0n) is 12.0. The summed E-state index contributed by atoms with van der Waals surface area (Å²) in [5.74, 6) is -0.815. The number of carbonyl (C=O) groups is 1. The smallest absolute Gasteiger partial charge is 0.304 e. The molecule has 0 aliphatic heterocycles. The number of fused-ring (bicyclic) bond motifs is 1. The van der Waals surface area contributed by atoms with Crippen LogP contribution < -0.4 is 5.73 Å². The normalized spacial score (nSPS) is 15.8. The van der Waals surface area contributed by atoms with Gasteiger partial charge in [-0.1, -0.05) is 56.3 Å². The molecule has 2 atom stereocenters. The molecule has 0 aromatic heterocycles. The van der Waals surface area contributed by atoms with Crippen molar-refractivity contribution in [1.29, 1.82) is 0 Å². The predicted octanol–water partition coefficient (Wildman–Crippen LogP) is 3.31. The average Bonchev–Trinajstić information content (AvgIpc) is 2.45. The van der Waals surface area contributed by atoms with Gasteiger partial charge in [0, 0.05) is 11.5 Å². The zero-order chi connectivity index (χ0) is 14.8. The van der Waals surface area contributed by atoms with Gasteiger partial charge in [0.25, 0.3) is 0 Å². The van der Waals surface area contributed by atoms with Gasteiger partial charge in [0.05, 0.1) is 6.42 Å². The standard InChI is InChI=1S/C17H21NO2/c1-3-15(18)17(2,11-16(19)20)14-9-8-12-6-4-5-7-13(12)10-14/h4-10,15H,3,11,18H2,1-2H3,(H,19,20). The van der Waals surface area contributed by atoms with Crippen molar-refractivity contribution in [3.05, 3.63) is 48.0 Å². The molecule has 20 heavy (non-hydrogen) atoms. The molecule has 2 aromatic carbocycles. The molecule has 2 aromatic rings. The summed E-state index contributed by atoms with van der Waals surface area (Å²) < 4.78 is 0. The van der Waals surface area contributed by atoms with Crippen molar-refractivity contribution in [2.75, 3.05) is 0 Å². The van der Waals surface area contributed by atoms with E-state index in [1.165, 1.54) is 0 Å². The van der Waals surface area contributed by atoms with Gasteiger partial charge in [-0.15, -0.1) is 0 Å². The third kappa shape index (κ3) is 2.68. The Balaban J connectivity index is 2.53. The number of benzene rings is 2. The molecule has 0 radical (unpaired) electrons. The number of carboxylic acid groups (broad SMARTS) is 1. The highest BCUT2D eigenvalue weighted by atomic mass is 16.4. The van der Waals surface area contributed by atoms with E-state index in [2.05, 4.69) is 6.07 Å². The molecule has 2 unspecified atom stereocenters. The van der Waals surface area contributed by atoms with E-state index in [4.69, 9.17) is 5.73 Å². The van der Waals surface area contributed by atoms with Crippen LogP contribution in [0.2, 0.25) is 0 Å². The largest absolute Gasteiger partial charge is 0.481 e. The minimum absolute atomic E-state index is 0.0420. The fourth-order valence-electron chi connectivity index (χ4n) is 2.76. The molecule has 0 fully saturated rings. The fourth-order valence-corrected chi connectivity index (χ4v) is 2.76. The molecule has 3 heteroatoms. The Hall–Kier alpha value is -1.87. The first kappa shape index (κ1) is 14.5. The lowest BCUT2D eigenvalue weighted by Crippen LogP contribution is -2.44. The van der Waals surface area contributed by atoms with Crippen molar-refractivity contribution in [1.82, 2.24) is 0 Å². The summed E-state index contributed by atoms with van der Waals surface area (Å²) in [5.41, 5.74) is 6.66. The van der Waals surface area contributed by atoms with Gasteiger partial charge in [-0.2, -0.15) is 0 Å². The highest BCUT2D eigenvalue weighted by Crippen LogP contribution is 2.33. The Morgan fingerprint density at radius 2 is 1.90 bits per heavy atom. The lowest BCUT2D eigenvalue weighted by Gasteiger charge is -2.34. The molecular formula is C17H21NO2. The highest BCUT2D eigenvalue weighted by Gasteiger charge is 2.35. The van der Waals surface area contributed by atoms with E-state index in [1.807, 2.05) is 50.2 Å². The van der Waals surface area contributed by atoms with E-state index in [9.17, 15) is 9.90 Å². The molecule has 2 rings (SSSR count). The van der Waals surface area contributed by atoms with Gasteiger partial charge >= 0.3 is 5.97 Å². The molecular weight excluding hydrogens is 250 g/mol. The molecule has 0 spiro atoms. The van der Waals surface area contributed by atoms with Gasteiger partial charge in [0.2, 0.25) is 0 Å². The first-order chi connectivity index (χ1) is 9.47. The summed E-state index contributed by atoms with van der Waals surface area (Å²) in [4.78, 5) is 11.2. The molecule has 0 aliphatic carbocycles. The summed E-state index contributed by atoms with van der Waals surface area (Å²) in [5, 5.41) is 11.5. The van der Waals surface area contributed by atoms with E-state index < -0.39 is 11.4 Å². The SMILES string of the molecule is CCC(N)C(C)(CC(=O)O)c1ccc2ccccc2c1. The predicted molar refractivity (Wildman–Crippen MR) is 81.8 cm³/mol. The lowest BCUT2D eigenvalue weighted by molar-refractivity contribution is -0.138. The average molecular weight is 271 g/mol. The summed E-state index contributed by atoms with van der Waals surface area (Å²) in [6.07, 6.45) is 0.789. The quantitative estimate of drug-likeness (QED) is 0.877. The fraction of sp³-hybridized carbons (Fsp3) is 0.353. The minimum atomic E-state index is -0.815. The summed E-state index contributed by atoms with van der Waals surface area (Å²) in [6, 6.07) is 14.0. The van der Waals surface area contributed by atoms with Gasteiger partial charge in [-0.05, 0) is 22.8 Å². The maximum Gasteiger partial charge on any atom is 0.304 e. The van der Waals surface area contributed by atoms with Crippen molar-refractivity contribution in [3.8, 4) is 0 Å². The summed E-state index contributed by atoms with van der Waals surface area (Å²) in [6.45, 7) is 3.94. The Kier molecular flexibility index (Phi) is 4.09. The van der Waals surface area contributed by atoms with Crippen molar-refractivity contribution in [3.63, 3.8) is 0 Å². The van der Waals surface area contributed by atoms with Crippen molar-refractivity contribution >= 4 is 16.7 Å². The van der Waals surface area contributed by atoms with E-state index in [-0.39, 0.29) is 12.5 Å². The van der Waals surface area contributed by atoms with Crippen LogP contribution in [0.25, 0.3) is 10.8 Å². The van der Waals surface area contributed by atoms with Crippen LogP contribution >= 0.6 is 0 Å². The van der Waals surface area contributed by atoms with E-state index in [0.717, 1.165) is 22.8 Å². The Labute approximate surface area is 119 Å². The van der Waals surface area contributed by atoms with Gasteiger partial charge in [0.1, 0.15) is 0 Å². The molecule has 0 heterocycles. The molecule has 0 saturated carbocycles. The molecule has 0 saturated heterocycles. The van der Waals surface area contributed by atoms with Crippen molar-refractivity contribution in [2.45, 2.75) is 38.1 Å². The first-order valence-electron chi connectivity index (χ1n) is 6.94. The number of carboxylic acids is 1. The number of hydrogen-bond donors (Lipinski definition) is 2. The Bertz CT molecular complexity index is 623. The third-order valence-electron chi connectivity index (χ3n) is 4.19. The van der Waals surface area contributed by atoms with Crippen LogP contribution in [0.1, 0.15) is 32.3 Å². The minimum Gasteiger partial charge on any atom is -0.481 e. The summed E-state index contributed by atoms with van der Waals surface area (Å²) in [7, 11) is 0. The molecule has 3 N–H and O–H groups in total. The Morgan fingerprint density at radius 1 is 1.25 bits per heavy atom. The molecule has 3 nitrogen and oxygen atoms in total. The molecule has 0 amide bonds. The van der Waals surface area contributed by atoms with Crippen molar-refractivity contribution < 1.29 is 9.90 Å². The second-order valence-electron chi connectivity index (χ2n) is 5.56. The topological polar surface area (TPSA) is 63.3 Å². The van der Waals surface area contributed by atoms with Crippen LogP contribution in [0.15, 0.2) is 42.5 Å². The van der Waals surface area contributed by atoms with Crippen LogP contribution in [-0.2, 0) is 10.2 Å². The van der Waals surface area contributed by atoms with E-state index in [1.54, 1.807) is 0 Å². The monoisotopic (exact) mass is 271 g/mol. The maximum atomic E-state index is 11.2. The van der Waals surface area contributed by atoms with Gasteiger partial charge in [0.15, 0.2) is 0 Å². The van der Waals surface area contributed by atoms with Gasteiger partial charge < -0.3 is 10.8 Å².